The largest absolute Gasteiger partial charge is 0.423 e. The number of hydrogen-bond acceptors (Lipinski definition) is 2. The SMILES string of the molecule is C=CC=C(C)C(=O)Oc1ccccc1. The first-order chi connectivity index (χ1) is 6.74. The van der Waals surface area contributed by atoms with E-state index in [2.05, 4.69) is 6.58 Å². The molecule has 1 aromatic rings. The maximum absolute atomic E-state index is 11.4. The number of hydrogen-bond donors (Lipinski definition) is 0. The highest BCUT2D eigenvalue weighted by molar-refractivity contribution is 5.89. The van der Waals surface area contributed by atoms with Gasteiger partial charge >= 0.3 is 5.97 Å². The van der Waals surface area contributed by atoms with Gasteiger partial charge in [0.1, 0.15) is 5.75 Å². The highest BCUT2D eigenvalue weighted by Gasteiger charge is 2.05. The molecule has 0 aromatic heterocycles. The Hall–Kier alpha value is -1.83. The summed E-state index contributed by atoms with van der Waals surface area (Å²) in [6, 6.07) is 8.96. The second kappa shape index (κ2) is 5.02. The number of benzene rings is 1. The molecule has 0 aliphatic carbocycles. The Balaban J connectivity index is 2.67. The third-order valence-electron chi connectivity index (χ3n) is 1.64. The molecule has 72 valence electrons. The Kier molecular flexibility index (Phi) is 3.68. The molecule has 1 rings (SSSR count). The number of ether oxygens (including phenoxy) is 1. The molecule has 1 aromatic carbocycles. The van der Waals surface area contributed by atoms with E-state index in [1.165, 1.54) is 0 Å². The first-order valence-corrected chi connectivity index (χ1v) is 4.30. The van der Waals surface area contributed by atoms with Crippen molar-refractivity contribution in [2.24, 2.45) is 0 Å². The van der Waals surface area contributed by atoms with Crippen molar-refractivity contribution in [3.05, 3.63) is 54.6 Å². The van der Waals surface area contributed by atoms with Gasteiger partial charge in [-0.1, -0.05) is 36.9 Å². The second-order valence-electron chi connectivity index (χ2n) is 2.79. The fourth-order valence-electron chi connectivity index (χ4n) is 0.921. The molecule has 0 aliphatic heterocycles. The molecule has 0 amide bonds. The molecule has 2 nitrogen and oxygen atoms in total. The molecular weight excluding hydrogens is 176 g/mol. The van der Waals surface area contributed by atoms with Crippen LogP contribution in [0.15, 0.2) is 54.6 Å². The van der Waals surface area contributed by atoms with Crippen molar-refractivity contribution < 1.29 is 9.53 Å². The summed E-state index contributed by atoms with van der Waals surface area (Å²) in [5.74, 6) is 0.199. The van der Waals surface area contributed by atoms with Gasteiger partial charge in [-0.25, -0.2) is 4.79 Å². The van der Waals surface area contributed by atoms with Gasteiger partial charge in [-0.05, 0) is 19.1 Å². The monoisotopic (exact) mass is 188 g/mol. The number of para-hydroxylation sites is 1. The molecule has 2 heteroatoms. The van der Waals surface area contributed by atoms with E-state index in [9.17, 15) is 4.79 Å². The number of carbonyl (C=O) groups is 1. The predicted molar refractivity (Wildman–Crippen MR) is 56.0 cm³/mol. The Bertz CT molecular complexity index is 350. The minimum Gasteiger partial charge on any atom is -0.423 e. The van der Waals surface area contributed by atoms with Crippen LogP contribution in [0.2, 0.25) is 0 Å². The van der Waals surface area contributed by atoms with Gasteiger partial charge in [0.25, 0.3) is 0 Å². The van der Waals surface area contributed by atoms with Crippen LogP contribution in [0.4, 0.5) is 0 Å². The van der Waals surface area contributed by atoms with Crippen LogP contribution in [0.3, 0.4) is 0 Å². The van der Waals surface area contributed by atoms with E-state index >= 15 is 0 Å². The summed E-state index contributed by atoms with van der Waals surface area (Å²) >= 11 is 0. The summed E-state index contributed by atoms with van der Waals surface area (Å²) in [4.78, 5) is 11.4. The van der Waals surface area contributed by atoms with Gasteiger partial charge in [-0.2, -0.15) is 0 Å². The zero-order valence-corrected chi connectivity index (χ0v) is 8.07. The minimum atomic E-state index is -0.351. The summed E-state index contributed by atoms with van der Waals surface area (Å²) < 4.78 is 5.07. The lowest BCUT2D eigenvalue weighted by Crippen LogP contribution is -2.08. The van der Waals surface area contributed by atoms with Crippen molar-refractivity contribution in [3.63, 3.8) is 0 Å². The number of carbonyl (C=O) groups excluding carboxylic acids is 1. The van der Waals surface area contributed by atoms with E-state index in [4.69, 9.17) is 4.74 Å². The van der Waals surface area contributed by atoms with Gasteiger partial charge in [0.05, 0.1) is 0 Å². The molecule has 0 spiro atoms. The summed E-state index contributed by atoms with van der Waals surface area (Å²) in [5.41, 5.74) is 0.531. The van der Waals surface area contributed by atoms with Gasteiger partial charge in [-0.3, -0.25) is 0 Å². The van der Waals surface area contributed by atoms with Crippen molar-refractivity contribution in [1.82, 2.24) is 0 Å². The molecule has 14 heavy (non-hydrogen) atoms. The first kappa shape index (κ1) is 10.3. The molecule has 0 saturated heterocycles. The fourth-order valence-corrected chi connectivity index (χ4v) is 0.921. The Labute approximate surface area is 83.5 Å². The second-order valence-corrected chi connectivity index (χ2v) is 2.79. The van der Waals surface area contributed by atoms with Crippen LogP contribution >= 0.6 is 0 Å². The average molecular weight is 188 g/mol. The normalized spacial score (nSPS) is 10.8. The highest BCUT2D eigenvalue weighted by Crippen LogP contribution is 2.10. The van der Waals surface area contributed by atoms with Crippen molar-refractivity contribution in [2.45, 2.75) is 6.92 Å². The first-order valence-electron chi connectivity index (χ1n) is 4.30. The zero-order valence-electron chi connectivity index (χ0n) is 8.07. The van der Waals surface area contributed by atoms with Crippen LogP contribution in [-0.4, -0.2) is 5.97 Å². The molecule has 0 fully saturated rings. The zero-order chi connectivity index (χ0) is 10.4. The van der Waals surface area contributed by atoms with E-state index in [0.29, 0.717) is 11.3 Å². The predicted octanol–water partition coefficient (Wildman–Crippen LogP) is 2.72. The summed E-state index contributed by atoms with van der Waals surface area (Å²) in [6.45, 7) is 5.19. The van der Waals surface area contributed by atoms with Gasteiger partial charge in [-0.15, -0.1) is 0 Å². The van der Waals surface area contributed by atoms with Gasteiger partial charge in [0.15, 0.2) is 0 Å². The van der Waals surface area contributed by atoms with Crippen molar-refractivity contribution in [1.29, 1.82) is 0 Å². The van der Waals surface area contributed by atoms with Gasteiger partial charge in [0.2, 0.25) is 0 Å². The van der Waals surface area contributed by atoms with Gasteiger partial charge in [0, 0.05) is 5.57 Å². The van der Waals surface area contributed by atoms with Crippen LogP contribution in [0, 0.1) is 0 Å². The van der Waals surface area contributed by atoms with Crippen molar-refractivity contribution in [3.8, 4) is 5.75 Å². The number of allylic oxidation sites excluding steroid dienone is 2. The number of esters is 1. The van der Waals surface area contributed by atoms with Crippen LogP contribution < -0.4 is 4.74 Å². The maximum atomic E-state index is 11.4. The smallest absolute Gasteiger partial charge is 0.339 e. The van der Waals surface area contributed by atoms with Crippen molar-refractivity contribution >= 4 is 5.97 Å². The Morgan fingerprint density at radius 2 is 2.00 bits per heavy atom. The van der Waals surface area contributed by atoms with E-state index in [1.54, 1.807) is 31.2 Å². The van der Waals surface area contributed by atoms with Crippen LogP contribution in [-0.2, 0) is 4.79 Å². The van der Waals surface area contributed by atoms with Crippen LogP contribution in [0.5, 0.6) is 5.75 Å². The summed E-state index contributed by atoms with van der Waals surface area (Å²) in [5, 5.41) is 0. The molecule has 0 radical (unpaired) electrons. The van der Waals surface area contributed by atoms with E-state index in [-0.39, 0.29) is 5.97 Å². The van der Waals surface area contributed by atoms with Crippen LogP contribution in [0.1, 0.15) is 6.92 Å². The van der Waals surface area contributed by atoms with Crippen molar-refractivity contribution in [2.75, 3.05) is 0 Å². The Morgan fingerprint density at radius 3 is 2.57 bits per heavy atom. The quantitative estimate of drug-likeness (QED) is 0.315. The van der Waals surface area contributed by atoms with Gasteiger partial charge < -0.3 is 4.74 Å². The summed E-state index contributed by atoms with van der Waals surface area (Å²) in [7, 11) is 0. The fraction of sp³-hybridized carbons (Fsp3) is 0.0833. The highest BCUT2D eigenvalue weighted by atomic mass is 16.5. The van der Waals surface area contributed by atoms with E-state index in [0.717, 1.165) is 0 Å². The topological polar surface area (TPSA) is 26.3 Å². The molecular formula is C12H12O2. The maximum Gasteiger partial charge on any atom is 0.339 e. The molecule has 0 aliphatic rings. The standard InChI is InChI=1S/C12H12O2/c1-3-7-10(2)12(13)14-11-8-5-4-6-9-11/h3-9H,1H2,2H3. The molecule has 0 bridgehead atoms. The molecule has 0 saturated carbocycles. The molecule has 0 unspecified atom stereocenters. The molecule has 0 heterocycles. The average Bonchev–Trinajstić information content (AvgIpc) is 2.19. The lowest BCUT2D eigenvalue weighted by molar-refractivity contribution is -0.130. The minimum absolute atomic E-state index is 0.351. The lowest BCUT2D eigenvalue weighted by atomic mass is 10.3. The van der Waals surface area contributed by atoms with Crippen LogP contribution in [0.25, 0.3) is 0 Å². The lowest BCUT2D eigenvalue weighted by Gasteiger charge is -2.02. The third-order valence-corrected chi connectivity index (χ3v) is 1.64. The van der Waals surface area contributed by atoms with E-state index < -0.39 is 0 Å². The van der Waals surface area contributed by atoms with E-state index in [1.807, 2.05) is 18.2 Å². The molecule has 0 atom stereocenters. The number of rotatable bonds is 3. The third kappa shape index (κ3) is 2.90. The molecule has 0 N–H and O–H groups in total. The summed E-state index contributed by atoms with van der Waals surface area (Å²) in [6.07, 6.45) is 3.17. The Morgan fingerprint density at radius 1 is 1.36 bits per heavy atom.